The molecule has 1 aliphatic carbocycles. The summed E-state index contributed by atoms with van der Waals surface area (Å²) in [6.45, 7) is 4.30. The maximum Gasteiger partial charge on any atom is 0.273 e. The number of aromatic nitrogens is 3. The van der Waals surface area contributed by atoms with Crippen LogP contribution in [-0.4, -0.2) is 56.9 Å². The van der Waals surface area contributed by atoms with Gasteiger partial charge in [-0.15, -0.1) is 0 Å². The van der Waals surface area contributed by atoms with E-state index >= 15 is 0 Å². The van der Waals surface area contributed by atoms with Crippen molar-refractivity contribution in [3.05, 3.63) is 52.6 Å². The molecule has 3 aromatic rings. The van der Waals surface area contributed by atoms with Crippen molar-refractivity contribution in [2.24, 2.45) is 5.92 Å². The van der Waals surface area contributed by atoms with Gasteiger partial charge >= 0.3 is 0 Å². The van der Waals surface area contributed by atoms with Crippen LogP contribution in [0.1, 0.15) is 38.2 Å². The van der Waals surface area contributed by atoms with E-state index < -0.39 is 0 Å². The largest absolute Gasteiger partial charge is 0.353 e. The van der Waals surface area contributed by atoms with Crippen molar-refractivity contribution in [3.8, 4) is 0 Å². The average molecular weight is 495 g/mol. The number of anilines is 1. The highest BCUT2D eigenvalue weighted by Crippen LogP contribution is 2.30. The third kappa shape index (κ3) is 5.37. The van der Waals surface area contributed by atoms with Gasteiger partial charge in [-0.3, -0.25) is 19.0 Å². The van der Waals surface area contributed by atoms with E-state index in [9.17, 15) is 14.4 Å². The highest BCUT2D eigenvalue weighted by Gasteiger charge is 2.31. The minimum absolute atomic E-state index is 0.0664. The molecule has 2 fully saturated rings. The highest BCUT2D eigenvalue weighted by molar-refractivity contribution is 7.22. The van der Waals surface area contributed by atoms with Gasteiger partial charge in [0, 0.05) is 32.2 Å². The summed E-state index contributed by atoms with van der Waals surface area (Å²) >= 11 is 1.29. The Bertz CT molecular complexity index is 1270. The van der Waals surface area contributed by atoms with Crippen molar-refractivity contribution in [2.75, 3.05) is 24.5 Å². The van der Waals surface area contributed by atoms with Crippen molar-refractivity contribution in [3.63, 3.8) is 0 Å². The maximum atomic E-state index is 13.2. The quantitative estimate of drug-likeness (QED) is 0.516. The molecule has 1 aliphatic heterocycles. The number of carbonyl (C=O) groups excluding carboxylic acids is 2. The lowest BCUT2D eigenvalue weighted by molar-refractivity contribution is -0.132. The summed E-state index contributed by atoms with van der Waals surface area (Å²) in [4.78, 5) is 51.4. The van der Waals surface area contributed by atoms with Crippen LogP contribution in [0.3, 0.4) is 0 Å². The average Bonchev–Trinajstić information content (AvgIpc) is 3.59. The lowest BCUT2D eigenvalue weighted by Gasteiger charge is -2.31. The lowest BCUT2D eigenvalue weighted by Crippen LogP contribution is -2.43. The molecule has 3 heterocycles. The molecule has 1 atom stereocenters. The fourth-order valence-corrected chi connectivity index (χ4v) is 5.42. The number of hydrogen-bond acceptors (Lipinski definition) is 7. The van der Waals surface area contributed by atoms with Gasteiger partial charge in [-0.25, -0.2) is 4.98 Å². The summed E-state index contributed by atoms with van der Waals surface area (Å²) in [7, 11) is 0. The van der Waals surface area contributed by atoms with Crippen LogP contribution in [0.5, 0.6) is 0 Å². The first-order valence-electron chi connectivity index (χ1n) is 12.2. The molecule has 9 nitrogen and oxygen atoms in total. The topological polar surface area (TPSA) is 100 Å². The minimum Gasteiger partial charge on any atom is -0.353 e. The highest BCUT2D eigenvalue weighted by atomic mass is 32.1. The zero-order valence-electron chi connectivity index (χ0n) is 19.9. The van der Waals surface area contributed by atoms with E-state index in [0.717, 1.165) is 37.8 Å². The molecular formula is C25H30N6O3S. The first kappa shape index (κ1) is 23.5. The minimum atomic E-state index is -0.261. The van der Waals surface area contributed by atoms with E-state index in [1.807, 2.05) is 37.3 Å². The number of hydrogen-bond donors (Lipinski definition) is 1. The molecule has 184 valence electrons. The second-order valence-corrected chi connectivity index (χ2v) is 10.3. The number of nitrogens with zero attached hydrogens (tertiary/aromatic N) is 5. The summed E-state index contributed by atoms with van der Waals surface area (Å²) in [6.07, 6.45) is 5.32. The van der Waals surface area contributed by atoms with Crippen molar-refractivity contribution in [1.29, 1.82) is 0 Å². The second kappa shape index (κ2) is 10.2. The smallest absolute Gasteiger partial charge is 0.273 e. The fourth-order valence-electron chi connectivity index (χ4n) is 4.42. The number of likely N-dealkylation sites (N-methyl/N-ethyl adjacent to an activating group) is 1. The molecule has 1 unspecified atom stereocenters. The molecule has 2 amide bonds. The van der Waals surface area contributed by atoms with Crippen LogP contribution in [0.25, 0.3) is 10.3 Å². The van der Waals surface area contributed by atoms with E-state index in [-0.39, 0.29) is 29.8 Å². The van der Waals surface area contributed by atoms with Gasteiger partial charge < -0.3 is 15.1 Å². The van der Waals surface area contributed by atoms with Gasteiger partial charge in [0.05, 0.1) is 5.92 Å². The van der Waals surface area contributed by atoms with Crippen molar-refractivity contribution < 1.29 is 9.59 Å². The third-order valence-corrected chi connectivity index (χ3v) is 7.71. The number of benzene rings is 1. The second-order valence-electron chi connectivity index (χ2n) is 9.29. The summed E-state index contributed by atoms with van der Waals surface area (Å²) in [6, 6.07) is 10.1. The van der Waals surface area contributed by atoms with Crippen LogP contribution in [0, 0.1) is 5.92 Å². The fraction of sp³-hybridized carbons (Fsp3) is 0.480. The Labute approximate surface area is 207 Å². The van der Waals surface area contributed by atoms with Crippen molar-refractivity contribution in [2.45, 2.75) is 51.7 Å². The van der Waals surface area contributed by atoms with Crippen molar-refractivity contribution >= 4 is 38.6 Å². The lowest BCUT2D eigenvalue weighted by atomic mass is 9.97. The van der Waals surface area contributed by atoms with Gasteiger partial charge in [0.1, 0.15) is 17.6 Å². The molecule has 35 heavy (non-hydrogen) atoms. The van der Waals surface area contributed by atoms with Crippen LogP contribution in [0.4, 0.5) is 5.13 Å². The molecule has 2 aliphatic rings. The molecule has 1 saturated heterocycles. The Hall–Kier alpha value is -3.27. The van der Waals surface area contributed by atoms with Gasteiger partial charge in [0.2, 0.25) is 11.8 Å². The Morgan fingerprint density at radius 3 is 2.74 bits per heavy atom. The van der Waals surface area contributed by atoms with E-state index in [2.05, 4.69) is 20.2 Å². The predicted octanol–water partition coefficient (Wildman–Crippen LogP) is 2.40. The Kier molecular flexibility index (Phi) is 6.81. The first-order chi connectivity index (χ1) is 17.0. The molecule has 10 heteroatoms. The van der Waals surface area contributed by atoms with E-state index in [4.69, 9.17) is 0 Å². The zero-order chi connectivity index (χ0) is 24.4. The number of amides is 2. The molecule has 5 rings (SSSR count). The van der Waals surface area contributed by atoms with Crippen LogP contribution in [0.2, 0.25) is 0 Å². The SMILES string of the molecule is CCN(Cc1ccccc1)C(=O)Cn1cnc2nc(N3CCCC(C(=O)NC4CC4)C3)sc2c1=O. The maximum absolute atomic E-state index is 13.2. The monoisotopic (exact) mass is 494 g/mol. The summed E-state index contributed by atoms with van der Waals surface area (Å²) in [5, 5.41) is 3.81. The molecule has 0 spiro atoms. The van der Waals surface area contributed by atoms with Gasteiger partial charge in [-0.05, 0) is 38.2 Å². The standard InChI is InChI=1S/C25H30N6O3S/c1-2-29(13-17-7-4-3-5-8-17)20(32)15-31-16-26-22-21(24(31)34)35-25(28-22)30-12-6-9-18(14-30)23(33)27-19-10-11-19/h3-5,7-8,16,18-19H,2,6,9-15H2,1H3,(H,27,33). The molecule has 0 radical (unpaired) electrons. The number of piperidine rings is 1. The van der Waals surface area contributed by atoms with E-state index in [1.165, 1.54) is 22.2 Å². The number of nitrogens with one attached hydrogen (secondary N) is 1. The van der Waals surface area contributed by atoms with Crippen LogP contribution < -0.4 is 15.8 Å². The van der Waals surface area contributed by atoms with E-state index in [1.54, 1.807) is 4.90 Å². The normalized spacial score (nSPS) is 18.0. The van der Waals surface area contributed by atoms with Gasteiger partial charge in [-0.2, -0.15) is 4.98 Å². The third-order valence-electron chi connectivity index (χ3n) is 6.62. The Balaban J connectivity index is 1.30. The number of rotatable bonds is 8. The van der Waals surface area contributed by atoms with Crippen molar-refractivity contribution in [1.82, 2.24) is 24.8 Å². The van der Waals surface area contributed by atoms with Gasteiger partial charge in [0.15, 0.2) is 10.8 Å². The molecule has 0 bridgehead atoms. The number of thiazole rings is 1. The summed E-state index contributed by atoms with van der Waals surface area (Å²) in [5.74, 6) is -0.0820. The van der Waals surface area contributed by atoms with Crippen LogP contribution in [0.15, 0.2) is 41.5 Å². The predicted molar refractivity (Wildman–Crippen MR) is 135 cm³/mol. The van der Waals surface area contributed by atoms with E-state index in [0.29, 0.717) is 41.2 Å². The number of fused-ring (bicyclic) bond motifs is 1. The first-order valence-corrected chi connectivity index (χ1v) is 13.1. The van der Waals surface area contributed by atoms with Crippen LogP contribution >= 0.6 is 11.3 Å². The molecular weight excluding hydrogens is 464 g/mol. The number of carbonyl (C=O) groups is 2. The molecule has 1 N–H and O–H groups in total. The Morgan fingerprint density at radius 2 is 2.00 bits per heavy atom. The molecule has 1 saturated carbocycles. The summed E-state index contributed by atoms with van der Waals surface area (Å²) < 4.78 is 1.80. The summed E-state index contributed by atoms with van der Waals surface area (Å²) in [5.41, 5.74) is 1.17. The van der Waals surface area contributed by atoms with Gasteiger partial charge in [0.25, 0.3) is 5.56 Å². The zero-order valence-corrected chi connectivity index (χ0v) is 20.7. The molecule has 1 aromatic carbocycles. The molecule has 2 aromatic heterocycles. The van der Waals surface area contributed by atoms with Crippen LogP contribution in [-0.2, 0) is 22.7 Å². The van der Waals surface area contributed by atoms with Gasteiger partial charge in [-0.1, -0.05) is 41.7 Å². The Morgan fingerprint density at radius 1 is 1.20 bits per heavy atom.